The van der Waals surface area contributed by atoms with E-state index in [4.69, 9.17) is 4.74 Å². The molecule has 0 saturated carbocycles. The van der Waals surface area contributed by atoms with Crippen molar-refractivity contribution in [2.75, 3.05) is 6.61 Å². The average Bonchev–Trinajstić information content (AvgIpc) is 2.86. The molecule has 0 bridgehead atoms. The van der Waals surface area contributed by atoms with Gasteiger partial charge in [0, 0.05) is 5.21 Å². The molecule has 0 aliphatic rings. The molecule has 0 aliphatic heterocycles. The Morgan fingerprint density at radius 3 is 3.05 bits per heavy atom. The summed E-state index contributed by atoms with van der Waals surface area (Å²) in [4.78, 5) is 8.92. The van der Waals surface area contributed by atoms with Crippen molar-refractivity contribution < 1.29 is 9.58 Å². The number of nitrogens with zero attached hydrogens (tertiary/aromatic N) is 4. The molecule has 3 aromatic rings. The van der Waals surface area contributed by atoms with Gasteiger partial charge in [0.25, 0.3) is 0 Å². The van der Waals surface area contributed by atoms with Crippen LogP contribution in [0.4, 0.5) is 0 Å². The fourth-order valence-corrected chi connectivity index (χ4v) is 1.86. The van der Waals surface area contributed by atoms with Crippen LogP contribution >= 0.6 is 0 Å². The Hall–Kier alpha value is -2.70. The minimum atomic E-state index is 0.209. The highest BCUT2D eigenvalue weighted by atomic mass is 16.5. The molecule has 0 unspecified atom stereocenters. The van der Waals surface area contributed by atoms with E-state index in [0.29, 0.717) is 28.5 Å². The quantitative estimate of drug-likeness (QED) is 0.572. The monoisotopic (exact) mass is 271 g/mol. The second-order valence-corrected chi connectivity index (χ2v) is 4.26. The van der Waals surface area contributed by atoms with Crippen LogP contribution in [0.15, 0.2) is 30.5 Å². The maximum absolute atomic E-state index is 11.5. The minimum absolute atomic E-state index is 0.209. The highest BCUT2D eigenvalue weighted by Crippen LogP contribution is 2.27. The van der Waals surface area contributed by atoms with Gasteiger partial charge in [-0.05, 0) is 18.6 Å². The molecule has 2 aromatic heterocycles. The Morgan fingerprint density at radius 2 is 2.20 bits per heavy atom. The van der Waals surface area contributed by atoms with Gasteiger partial charge in [-0.1, -0.05) is 24.0 Å². The van der Waals surface area contributed by atoms with Crippen LogP contribution in [0, 0.1) is 5.21 Å². The summed E-state index contributed by atoms with van der Waals surface area (Å²) in [5.41, 5.74) is 1.46. The number of H-pyrrole nitrogens is 1. The fourth-order valence-electron chi connectivity index (χ4n) is 1.86. The number of hydrogen-bond donors (Lipinski definition) is 1. The number of aromatic amines is 1. The van der Waals surface area contributed by atoms with Crippen molar-refractivity contribution >= 4 is 11.2 Å². The molecule has 20 heavy (non-hydrogen) atoms. The Morgan fingerprint density at radius 1 is 1.35 bits per heavy atom. The second kappa shape index (κ2) is 5.12. The molecular formula is C13H13N5O2. The smallest absolute Gasteiger partial charge is 0.327 e. The Balaban J connectivity index is 2.07. The van der Waals surface area contributed by atoms with E-state index < -0.39 is 0 Å². The van der Waals surface area contributed by atoms with Crippen molar-refractivity contribution in [3.63, 3.8) is 0 Å². The largest absolute Gasteiger partial charge is 0.721 e. The summed E-state index contributed by atoms with van der Waals surface area (Å²) in [7, 11) is 0. The Kier molecular flexibility index (Phi) is 3.16. The summed E-state index contributed by atoms with van der Waals surface area (Å²) >= 11 is 0. The Bertz CT molecular complexity index is 740. The number of fused-ring (bicyclic) bond motifs is 1. The maximum atomic E-state index is 11.5. The third-order valence-electron chi connectivity index (χ3n) is 2.80. The summed E-state index contributed by atoms with van der Waals surface area (Å²) in [6.45, 7) is 2.66. The molecule has 7 heteroatoms. The van der Waals surface area contributed by atoms with Crippen LogP contribution in [-0.2, 0) is 0 Å². The van der Waals surface area contributed by atoms with Gasteiger partial charge in [-0.3, -0.25) is 0 Å². The van der Waals surface area contributed by atoms with Gasteiger partial charge in [-0.15, -0.1) is 4.85 Å². The number of hydrogen-bond acceptors (Lipinski definition) is 5. The molecule has 1 N–H and O–H groups in total. The van der Waals surface area contributed by atoms with Crippen LogP contribution in [0.1, 0.15) is 13.3 Å². The molecule has 0 amide bonds. The van der Waals surface area contributed by atoms with Gasteiger partial charge >= 0.3 is 5.65 Å². The van der Waals surface area contributed by atoms with Gasteiger partial charge in [0.05, 0.1) is 18.4 Å². The molecule has 1 aromatic carbocycles. The summed E-state index contributed by atoms with van der Waals surface area (Å²) in [6, 6.07) is 7.49. The molecule has 3 rings (SSSR count). The molecule has 0 atom stereocenters. The SMILES string of the molecule is CCCOc1ccccc1-c1ncc2[nH]n[n+]([O-])c2n1. The number of benzene rings is 1. The van der Waals surface area contributed by atoms with Crippen LogP contribution in [0.25, 0.3) is 22.6 Å². The molecule has 0 aliphatic carbocycles. The normalized spacial score (nSPS) is 10.8. The van der Waals surface area contributed by atoms with Crippen molar-refractivity contribution in [2.45, 2.75) is 13.3 Å². The van der Waals surface area contributed by atoms with E-state index in [9.17, 15) is 5.21 Å². The predicted octanol–water partition coefficient (Wildman–Crippen LogP) is 1.44. The molecular weight excluding hydrogens is 258 g/mol. The van der Waals surface area contributed by atoms with E-state index in [2.05, 4.69) is 20.3 Å². The number of para-hydroxylation sites is 1. The lowest BCUT2D eigenvalue weighted by molar-refractivity contribution is -0.645. The van der Waals surface area contributed by atoms with Crippen LogP contribution in [-0.4, -0.2) is 26.9 Å². The molecule has 0 fully saturated rings. The van der Waals surface area contributed by atoms with E-state index in [1.54, 1.807) is 0 Å². The van der Waals surface area contributed by atoms with Crippen LogP contribution < -0.4 is 9.58 Å². The lowest BCUT2D eigenvalue weighted by Gasteiger charge is -2.08. The second-order valence-electron chi connectivity index (χ2n) is 4.26. The van der Waals surface area contributed by atoms with Crippen LogP contribution in [0.2, 0.25) is 0 Å². The number of nitrogens with one attached hydrogen (secondary N) is 1. The zero-order valence-corrected chi connectivity index (χ0v) is 10.9. The van der Waals surface area contributed by atoms with Crippen molar-refractivity contribution in [3.05, 3.63) is 35.7 Å². The first-order valence-corrected chi connectivity index (χ1v) is 6.32. The molecule has 102 valence electrons. The minimum Gasteiger partial charge on any atom is -0.721 e. The number of aromatic nitrogens is 5. The van der Waals surface area contributed by atoms with Crippen molar-refractivity contribution in [1.82, 2.24) is 20.3 Å². The molecule has 0 spiro atoms. The first kappa shape index (κ1) is 12.3. The van der Waals surface area contributed by atoms with E-state index in [1.807, 2.05) is 31.2 Å². The van der Waals surface area contributed by atoms with E-state index in [1.165, 1.54) is 6.20 Å². The van der Waals surface area contributed by atoms with Gasteiger partial charge in [-0.2, -0.15) is 5.10 Å². The third kappa shape index (κ3) is 2.13. The summed E-state index contributed by atoms with van der Waals surface area (Å²) in [5, 5.41) is 17.5. The average molecular weight is 271 g/mol. The lowest BCUT2D eigenvalue weighted by atomic mass is 10.2. The molecule has 0 saturated heterocycles. The van der Waals surface area contributed by atoms with Crippen LogP contribution in [0.3, 0.4) is 0 Å². The van der Waals surface area contributed by atoms with E-state index in [-0.39, 0.29) is 5.65 Å². The predicted molar refractivity (Wildman–Crippen MR) is 71.9 cm³/mol. The third-order valence-corrected chi connectivity index (χ3v) is 2.80. The number of ether oxygens (including phenoxy) is 1. The summed E-state index contributed by atoms with van der Waals surface area (Å²) in [6.07, 6.45) is 2.45. The highest BCUT2D eigenvalue weighted by molar-refractivity contribution is 5.71. The zero-order valence-electron chi connectivity index (χ0n) is 10.9. The lowest BCUT2D eigenvalue weighted by Crippen LogP contribution is -2.29. The first-order chi connectivity index (χ1) is 9.79. The fraction of sp³-hybridized carbons (Fsp3) is 0.231. The number of rotatable bonds is 4. The zero-order chi connectivity index (χ0) is 13.9. The molecule has 7 nitrogen and oxygen atoms in total. The van der Waals surface area contributed by atoms with Crippen molar-refractivity contribution in [2.24, 2.45) is 0 Å². The van der Waals surface area contributed by atoms with Gasteiger partial charge < -0.3 is 9.94 Å². The van der Waals surface area contributed by atoms with Gasteiger partial charge in [0.2, 0.25) is 11.3 Å². The van der Waals surface area contributed by atoms with Crippen LogP contribution in [0.5, 0.6) is 5.75 Å². The maximum Gasteiger partial charge on any atom is 0.327 e. The van der Waals surface area contributed by atoms with Crippen molar-refractivity contribution in [1.29, 1.82) is 0 Å². The summed E-state index contributed by atoms with van der Waals surface area (Å²) in [5.74, 6) is 1.14. The van der Waals surface area contributed by atoms with Gasteiger partial charge in [0.15, 0.2) is 0 Å². The summed E-state index contributed by atoms with van der Waals surface area (Å²) < 4.78 is 5.68. The molecule has 2 heterocycles. The van der Waals surface area contributed by atoms with E-state index >= 15 is 0 Å². The van der Waals surface area contributed by atoms with E-state index in [0.717, 1.165) is 12.0 Å². The molecule has 0 radical (unpaired) electrons. The Labute approximate surface area is 114 Å². The van der Waals surface area contributed by atoms with Gasteiger partial charge in [-0.25, -0.2) is 4.98 Å². The van der Waals surface area contributed by atoms with Gasteiger partial charge in [0.1, 0.15) is 5.75 Å². The first-order valence-electron chi connectivity index (χ1n) is 6.32. The standard InChI is InChI=1S/C13H13N5O2/c1-2-7-20-11-6-4-3-5-9(11)12-14-8-10-13(15-12)18(19)17-16-10/h3-6,8,16H,2,7H2,1H3. The highest BCUT2D eigenvalue weighted by Gasteiger charge is 2.16. The topological polar surface area (TPSA) is 90.6 Å². The van der Waals surface area contributed by atoms with Crippen molar-refractivity contribution in [3.8, 4) is 17.1 Å².